The highest BCUT2D eigenvalue weighted by Gasteiger charge is 2.05. The molecule has 0 aliphatic rings. The summed E-state index contributed by atoms with van der Waals surface area (Å²) in [6.07, 6.45) is -0.109. The Morgan fingerprint density at radius 1 is 1.17 bits per heavy atom. The fraction of sp³-hybridized carbons (Fsp3) is 0.333. The Hall–Kier alpha value is -1.92. The molecule has 0 aliphatic heterocycles. The van der Waals surface area contributed by atoms with E-state index in [0.717, 1.165) is 0 Å². The summed E-state index contributed by atoms with van der Waals surface area (Å²) in [5.74, 6) is 0.313. The summed E-state index contributed by atoms with van der Waals surface area (Å²) in [5.41, 5.74) is 5.72. The average molecular weight is 253 g/mol. The Labute approximate surface area is 105 Å². The lowest BCUT2D eigenvalue weighted by Gasteiger charge is -2.06. The predicted octanol–water partition coefficient (Wildman–Crippen LogP) is 0.990. The summed E-state index contributed by atoms with van der Waals surface area (Å²) in [4.78, 5) is 21.6. The highest BCUT2D eigenvalue weighted by Crippen LogP contribution is 2.11. The zero-order chi connectivity index (χ0) is 13.2. The second kappa shape index (κ2) is 8.21. The van der Waals surface area contributed by atoms with Crippen LogP contribution in [0.25, 0.3) is 0 Å². The van der Waals surface area contributed by atoms with E-state index in [1.165, 1.54) is 12.1 Å². The molecule has 0 atom stereocenters. The Bertz CT molecular complexity index is 377. The van der Waals surface area contributed by atoms with Crippen LogP contribution in [-0.4, -0.2) is 38.8 Å². The minimum atomic E-state index is -0.815. The van der Waals surface area contributed by atoms with Gasteiger partial charge in [0.25, 0.3) is 0 Å². The number of hydrogen-bond acceptors (Lipinski definition) is 6. The van der Waals surface area contributed by atoms with Crippen LogP contribution in [-0.2, 0) is 9.47 Å². The van der Waals surface area contributed by atoms with Crippen molar-refractivity contribution in [2.45, 2.75) is 0 Å². The lowest BCUT2D eigenvalue weighted by Crippen LogP contribution is -2.16. The van der Waals surface area contributed by atoms with Crippen LogP contribution < -0.4 is 10.5 Å². The van der Waals surface area contributed by atoms with Crippen molar-refractivity contribution in [1.82, 2.24) is 0 Å². The van der Waals surface area contributed by atoms with Gasteiger partial charge in [0, 0.05) is 12.1 Å². The third-order valence-corrected chi connectivity index (χ3v) is 1.93. The van der Waals surface area contributed by atoms with Gasteiger partial charge in [-0.1, -0.05) is 0 Å². The summed E-state index contributed by atoms with van der Waals surface area (Å²) in [7, 11) is 0. The second-order valence-electron chi connectivity index (χ2n) is 3.29. The maximum atomic E-state index is 11.2. The van der Waals surface area contributed by atoms with Crippen LogP contribution in [0.3, 0.4) is 0 Å². The molecule has 0 saturated carbocycles. The van der Waals surface area contributed by atoms with E-state index in [2.05, 4.69) is 0 Å². The van der Waals surface area contributed by atoms with Gasteiger partial charge in [0.2, 0.25) is 0 Å². The molecular weight excluding hydrogens is 238 g/mol. The normalized spacial score (nSPS) is 9.83. The summed E-state index contributed by atoms with van der Waals surface area (Å²) in [5, 5.41) is 0. The molecule has 1 aromatic rings. The standard InChI is InChI=1S/C12H15NO5/c13-5-6-16-7-8-17-12(15)18-11-3-1-10(9-14)2-4-11/h1-4,9H,5-8,13H2. The van der Waals surface area contributed by atoms with Crippen LogP contribution in [0.5, 0.6) is 5.75 Å². The number of aldehydes is 1. The Morgan fingerprint density at radius 2 is 1.89 bits per heavy atom. The molecule has 0 aromatic heterocycles. The van der Waals surface area contributed by atoms with E-state index in [0.29, 0.717) is 30.8 Å². The van der Waals surface area contributed by atoms with Gasteiger partial charge in [-0.15, -0.1) is 0 Å². The van der Waals surface area contributed by atoms with Gasteiger partial charge in [-0.05, 0) is 24.3 Å². The van der Waals surface area contributed by atoms with Crippen LogP contribution in [0.4, 0.5) is 4.79 Å². The van der Waals surface area contributed by atoms with Crippen LogP contribution in [0.2, 0.25) is 0 Å². The van der Waals surface area contributed by atoms with Crippen LogP contribution in [0.1, 0.15) is 10.4 Å². The maximum absolute atomic E-state index is 11.2. The predicted molar refractivity (Wildman–Crippen MR) is 63.7 cm³/mol. The van der Waals surface area contributed by atoms with E-state index in [9.17, 15) is 9.59 Å². The molecule has 0 spiro atoms. The first kappa shape index (κ1) is 14.1. The number of carbonyl (C=O) groups is 2. The molecule has 0 amide bonds. The van der Waals surface area contributed by atoms with Crippen LogP contribution in [0.15, 0.2) is 24.3 Å². The molecule has 0 bridgehead atoms. The second-order valence-corrected chi connectivity index (χ2v) is 3.29. The molecule has 1 rings (SSSR count). The number of hydrogen-bond donors (Lipinski definition) is 1. The van der Waals surface area contributed by atoms with Crippen LogP contribution >= 0.6 is 0 Å². The van der Waals surface area contributed by atoms with Gasteiger partial charge in [0.15, 0.2) is 0 Å². The molecule has 0 radical (unpaired) electrons. The maximum Gasteiger partial charge on any atom is 0.513 e. The molecule has 0 fully saturated rings. The molecule has 18 heavy (non-hydrogen) atoms. The van der Waals surface area contributed by atoms with Crippen molar-refractivity contribution in [3.05, 3.63) is 29.8 Å². The van der Waals surface area contributed by atoms with Crippen molar-refractivity contribution in [3.63, 3.8) is 0 Å². The first-order valence-electron chi connectivity index (χ1n) is 5.44. The lowest BCUT2D eigenvalue weighted by molar-refractivity contribution is 0.0544. The molecule has 0 heterocycles. The van der Waals surface area contributed by atoms with Gasteiger partial charge < -0.3 is 19.9 Å². The van der Waals surface area contributed by atoms with Gasteiger partial charge in [0.1, 0.15) is 18.6 Å². The SMILES string of the molecule is NCCOCCOC(=O)Oc1ccc(C=O)cc1. The zero-order valence-electron chi connectivity index (χ0n) is 9.83. The number of ether oxygens (including phenoxy) is 3. The Kier molecular flexibility index (Phi) is 6.45. The highest BCUT2D eigenvalue weighted by atomic mass is 16.7. The molecule has 0 saturated heterocycles. The third-order valence-electron chi connectivity index (χ3n) is 1.93. The number of benzene rings is 1. The fourth-order valence-corrected chi connectivity index (χ4v) is 1.11. The summed E-state index contributed by atoms with van der Waals surface area (Å²) in [6, 6.07) is 6.10. The minimum Gasteiger partial charge on any atom is -0.432 e. The smallest absolute Gasteiger partial charge is 0.432 e. The van der Waals surface area contributed by atoms with E-state index in [-0.39, 0.29) is 13.2 Å². The van der Waals surface area contributed by atoms with E-state index in [4.69, 9.17) is 19.9 Å². The minimum absolute atomic E-state index is 0.102. The van der Waals surface area contributed by atoms with Crippen molar-refractivity contribution in [1.29, 1.82) is 0 Å². The molecule has 0 unspecified atom stereocenters. The molecule has 6 nitrogen and oxygen atoms in total. The molecular formula is C12H15NO5. The lowest BCUT2D eigenvalue weighted by atomic mass is 10.2. The van der Waals surface area contributed by atoms with Crippen molar-refractivity contribution < 1.29 is 23.8 Å². The summed E-state index contributed by atoms with van der Waals surface area (Å²) >= 11 is 0. The molecule has 2 N–H and O–H groups in total. The first-order chi connectivity index (χ1) is 8.76. The fourth-order valence-electron chi connectivity index (χ4n) is 1.11. The third kappa shape index (κ3) is 5.42. The highest BCUT2D eigenvalue weighted by molar-refractivity contribution is 5.75. The monoisotopic (exact) mass is 253 g/mol. The van der Waals surface area contributed by atoms with Crippen LogP contribution in [0, 0.1) is 0 Å². The Morgan fingerprint density at radius 3 is 2.50 bits per heavy atom. The van der Waals surface area contributed by atoms with Gasteiger partial charge in [-0.25, -0.2) is 4.79 Å². The van der Waals surface area contributed by atoms with Gasteiger partial charge in [-0.3, -0.25) is 4.79 Å². The van der Waals surface area contributed by atoms with Crippen molar-refractivity contribution in [2.75, 3.05) is 26.4 Å². The zero-order valence-corrected chi connectivity index (χ0v) is 9.83. The quantitative estimate of drug-likeness (QED) is 0.337. The number of rotatable bonds is 7. The summed E-state index contributed by atoms with van der Waals surface area (Å²) in [6.45, 7) is 1.22. The largest absolute Gasteiger partial charge is 0.513 e. The van der Waals surface area contributed by atoms with Gasteiger partial charge in [-0.2, -0.15) is 0 Å². The Balaban J connectivity index is 2.24. The van der Waals surface area contributed by atoms with Crippen molar-refractivity contribution in [2.24, 2.45) is 5.73 Å². The number of nitrogens with two attached hydrogens (primary N) is 1. The molecule has 0 aliphatic carbocycles. The number of carbonyl (C=O) groups excluding carboxylic acids is 2. The van der Waals surface area contributed by atoms with Crippen molar-refractivity contribution in [3.8, 4) is 5.75 Å². The van der Waals surface area contributed by atoms with E-state index >= 15 is 0 Å². The van der Waals surface area contributed by atoms with Crippen molar-refractivity contribution >= 4 is 12.4 Å². The van der Waals surface area contributed by atoms with Gasteiger partial charge in [0.05, 0.1) is 13.2 Å². The average Bonchev–Trinajstić information content (AvgIpc) is 2.39. The van der Waals surface area contributed by atoms with Gasteiger partial charge >= 0.3 is 6.16 Å². The van der Waals surface area contributed by atoms with E-state index < -0.39 is 6.16 Å². The van der Waals surface area contributed by atoms with E-state index in [1.807, 2.05) is 0 Å². The first-order valence-corrected chi connectivity index (χ1v) is 5.44. The molecule has 1 aromatic carbocycles. The van der Waals surface area contributed by atoms with E-state index in [1.54, 1.807) is 12.1 Å². The molecule has 6 heteroatoms. The topological polar surface area (TPSA) is 87.8 Å². The summed E-state index contributed by atoms with van der Waals surface area (Å²) < 4.78 is 14.6. The molecule has 98 valence electrons.